The first kappa shape index (κ1) is 33.6. The third kappa shape index (κ3) is 7.30. The van der Waals surface area contributed by atoms with Gasteiger partial charge in [-0.2, -0.15) is 0 Å². The van der Waals surface area contributed by atoms with E-state index in [0.29, 0.717) is 39.9 Å². The van der Waals surface area contributed by atoms with E-state index in [2.05, 4.69) is 102 Å². The lowest BCUT2D eigenvalue weighted by Gasteiger charge is -2.49. The minimum absolute atomic E-state index is 0.0284. The Kier molecular flexibility index (Phi) is 14.2. The first-order chi connectivity index (χ1) is 15.6. The summed E-state index contributed by atoms with van der Waals surface area (Å²) in [4.78, 5) is 13.6. The lowest BCUT2D eigenvalue weighted by molar-refractivity contribution is -0.158. The van der Waals surface area contributed by atoms with Crippen LogP contribution in [0.4, 0.5) is 0 Å². The molecule has 0 saturated heterocycles. The molecule has 0 saturated carbocycles. The summed E-state index contributed by atoms with van der Waals surface area (Å²) >= 11 is 0. The van der Waals surface area contributed by atoms with Crippen molar-refractivity contribution in [3.63, 3.8) is 0 Å². The zero-order valence-corrected chi connectivity index (χ0v) is 27.2. The van der Waals surface area contributed by atoms with E-state index in [4.69, 9.17) is 13.6 Å². The summed E-state index contributed by atoms with van der Waals surface area (Å²) < 4.78 is 20.2. The first-order valence-electron chi connectivity index (χ1n) is 13.7. The highest BCUT2D eigenvalue weighted by molar-refractivity contribution is 6.78. The van der Waals surface area contributed by atoms with Gasteiger partial charge >= 0.3 is 5.97 Å². The molecule has 6 heteroatoms. The van der Waals surface area contributed by atoms with Crippen molar-refractivity contribution in [3.05, 3.63) is 12.2 Å². The molecule has 3 atom stereocenters. The van der Waals surface area contributed by atoms with Gasteiger partial charge < -0.3 is 13.6 Å². The number of hydrogen-bond acceptors (Lipinski definition) is 4. The summed E-state index contributed by atoms with van der Waals surface area (Å²) in [6.45, 7) is 33.7. The van der Waals surface area contributed by atoms with Crippen molar-refractivity contribution in [3.8, 4) is 0 Å². The molecule has 0 radical (unpaired) electrons. The highest BCUT2D eigenvalue weighted by Gasteiger charge is 2.53. The molecule has 0 aliphatic rings. The highest BCUT2D eigenvalue weighted by atomic mass is 28.4. The molecule has 0 spiro atoms. The molecule has 0 N–H and O–H groups in total. The van der Waals surface area contributed by atoms with Gasteiger partial charge in [-0.3, -0.25) is 0 Å². The van der Waals surface area contributed by atoms with Gasteiger partial charge in [0.05, 0.1) is 12.7 Å². The molecular weight excluding hydrogens is 456 g/mol. The van der Waals surface area contributed by atoms with Crippen LogP contribution in [-0.2, 0) is 18.4 Å². The van der Waals surface area contributed by atoms with Crippen LogP contribution < -0.4 is 0 Å². The Morgan fingerprint density at radius 1 is 0.676 bits per heavy atom. The van der Waals surface area contributed by atoms with Crippen molar-refractivity contribution in [2.24, 2.45) is 5.92 Å². The molecule has 0 unspecified atom stereocenters. The molecule has 0 aliphatic carbocycles. The van der Waals surface area contributed by atoms with Gasteiger partial charge in [-0.1, -0.05) is 102 Å². The lowest BCUT2D eigenvalue weighted by Crippen LogP contribution is -2.59. The Labute approximate surface area is 214 Å². The van der Waals surface area contributed by atoms with Crippen LogP contribution in [0.2, 0.25) is 33.2 Å². The third-order valence-corrected chi connectivity index (χ3v) is 20.1. The standard InChI is InChI=1S/C28H58O4Si2/c1-16-18-25(15)26(31-33(19(3)4,20(5)6)21(7)8)27(28(29)30-17-2)32-34(22(9)10,23(11)12)24(13)14/h16,18-27H,17H2,1-15H3/b18-16-/t25-,26+,27-/m1/s1. The molecule has 0 heterocycles. The number of carbonyl (C=O) groups is 1. The predicted octanol–water partition coefficient (Wildman–Crippen LogP) is 8.88. The Balaban J connectivity index is 7.00. The lowest BCUT2D eigenvalue weighted by atomic mass is 9.99. The average molecular weight is 515 g/mol. The minimum Gasteiger partial charge on any atom is -0.464 e. The van der Waals surface area contributed by atoms with Gasteiger partial charge in [0.1, 0.15) is 0 Å². The second-order valence-corrected chi connectivity index (χ2v) is 22.7. The minimum atomic E-state index is -2.36. The first-order valence-corrected chi connectivity index (χ1v) is 18.0. The topological polar surface area (TPSA) is 44.8 Å². The van der Waals surface area contributed by atoms with E-state index in [0.717, 1.165) is 0 Å². The molecule has 0 bridgehead atoms. The van der Waals surface area contributed by atoms with Crippen LogP contribution in [0.15, 0.2) is 12.2 Å². The van der Waals surface area contributed by atoms with Gasteiger partial charge in [-0.15, -0.1) is 0 Å². The van der Waals surface area contributed by atoms with Crippen molar-refractivity contribution in [2.45, 2.75) is 149 Å². The number of carbonyl (C=O) groups excluding carboxylic acids is 1. The van der Waals surface area contributed by atoms with Gasteiger partial charge in [0, 0.05) is 5.92 Å². The van der Waals surface area contributed by atoms with Crippen LogP contribution in [0.5, 0.6) is 0 Å². The Bertz CT molecular complexity index is 582. The molecule has 0 aromatic heterocycles. The van der Waals surface area contributed by atoms with Gasteiger partial charge in [-0.05, 0) is 47.1 Å². The van der Waals surface area contributed by atoms with E-state index in [-0.39, 0.29) is 18.0 Å². The molecule has 0 rings (SSSR count). The van der Waals surface area contributed by atoms with Crippen molar-refractivity contribution in [2.75, 3.05) is 6.61 Å². The van der Waals surface area contributed by atoms with E-state index in [1.807, 2.05) is 13.8 Å². The third-order valence-electron chi connectivity index (χ3n) is 7.92. The normalized spacial score (nSPS) is 16.5. The molecule has 0 amide bonds. The van der Waals surface area contributed by atoms with E-state index in [1.165, 1.54) is 0 Å². The van der Waals surface area contributed by atoms with Crippen molar-refractivity contribution in [1.29, 1.82) is 0 Å². The molecule has 0 aromatic rings. The van der Waals surface area contributed by atoms with E-state index in [1.54, 1.807) is 0 Å². The van der Waals surface area contributed by atoms with Crippen LogP contribution >= 0.6 is 0 Å². The summed E-state index contributed by atoms with van der Waals surface area (Å²) in [5, 5.41) is 0. The van der Waals surface area contributed by atoms with E-state index < -0.39 is 22.7 Å². The molecule has 4 nitrogen and oxygen atoms in total. The molecule has 34 heavy (non-hydrogen) atoms. The SMILES string of the molecule is C/C=C\[C@@H](C)[C@H](O[Si](C(C)C)(C(C)C)C(C)C)[C@@H](O[Si](C(C)C)(C(C)C)C(C)C)C(=O)OCC. The predicted molar refractivity (Wildman–Crippen MR) is 152 cm³/mol. The van der Waals surface area contributed by atoms with Gasteiger partial charge in [0.2, 0.25) is 16.6 Å². The summed E-state index contributed by atoms with van der Waals surface area (Å²) in [7, 11) is -4.64. The zero-order chi connectivity index (χ0) is 27.0. The van der Waals surface area contributed by atoms with E-state index >= 15 is 0 Å². The fourth-order valence-electron chi connectivity index (χ4n) is 6.60. The maximum absolute atomic E-state index is 13.6. The smallest absolute Gasteiger partial charge is 0.336 e. The van der Waals surface area contributed by atoms with Gasteiger partial charge in [0.25, 0.3) is 0 Å². The average Bonchev–Trinajstić information content (AvgIpc) is 2.68. The van der Waals surface area contributed by atoms with Crippen molar-refractivity contribution in [1.82, 2.24) is 0 Å². The maximum Gasteiger partial charge on any atom is 0.336 e. The molecule has 0 fully saturated rings. The quantitative estimate of drug-likeness (QED) is 0.124. The zero-order valence-electron chi connectivity index (χ0n) is 25.2. The van der Waals surface area contributed by atoms with Crippen molar-refractivity contribution >= 4 is 22.6 Å². The number of rotatable bonds is 15. The number of hydrogen-bond donors (Lipinski definition) is 0. The summed E-state index contributed by atoms with van der Waals surface area (Å²) in [6, 6.07) is 0. The highest BCUT2D eigenvalue weighted by Crippen LogP contribution is 2.47. The van der Waals surface area contributed by atoms with Gasteiger partial charge in [0.15, 0.2) is 6.10 Å². The number of allylic oxidation sites excluding steroid dienone is 1. The molecule has 202 valence electrons. The summed E-state index contributed by atoms with van der Waals surface area (Å²) in [5.41, 5.74) is 2.34. The Morgan fingerprint density at radius 3 is 1.32 bits per heavy atom. The molecular formula is C28H58O4Si2. The number of esters is 1. The fraction of sp³-hybridized carbons (Fsp3) is 0.893. The van der Waals surface area contributed by atoms with E-state index in [9.17, 15) is 4.79 Å². The maximum atomic E-state index is 13.6. The van der Waals surface area contributed by atoms with Gasteiger partial charge in [-0.25, -0.2) is 4.79 Å². The van der Waals surface area contributed by atoms with Crippen molar-refractivity contribution < 1.29 is 18.4 Å². The summed E-state index contributed by atoms with van der Waals surface area (Å²) in [6.07, 6.45) is 3.11. The monoisotopic (exact) mass is 514 g/mol. The second kappa shape index (κ2) is 14.3. The second-order valence-electron chi connectivity index (χ2n) is 11.9. The van der Waals surface area contributed by atoms with Crippen LogP contribution in [-0.4, -0.2) is 41.4 Å². The fourth-order valence-corrected chi connectivity index (χ4v) is 17.7. The number of ether oxygens (including phenoxy) is 1. The van der Waals surface area contributed by atoms with Crippen LogP contribution in [0.1, 0.15) is 104 Å². The Hall–Kier alpha value is -0.436. The summed E-state index contributed by atoms with van der Waals surface area (Å²) in [5.74, 6) is -0.248. The largest absolute Gasteiger partial charge is 0.464 e. The van der Waals surface area contributed by atoms with Crippen LogP contribution in [0.3, 0.4) is 0 Å². The Morgan fingerprint density at radius 2 is 1.03 bits per heavy atom. The van der Waals surface area contributed by atoms with Crippen LogP contribution in [0.25, 0.3) is 0 Å². The molecule has 0 aliphatic heterocycles. The molecule has 0 aromatic carbocycles. The van der Waals surface area contributed by atoms with Crippen LogP contribution in [0, 0.1) is 5.92 Å².